The van der Waals surface area contributed by atoms with Crippen LogP contribution in [0.4, 0.5) is 0 Å². The molecule has 1 amide bonds. The van der Waals surface area contributed by atoms with Crippen LogP contribution in [0.3, 0.4) is 0 Å². The van der Waals surface area contributed by atoms with Gasteiger partial charge in [0.25, 0.3) is 0 Å². The van der Waals surface area contributed by atoms with Crippen molar-refractivity contribution in [2.75, 3.05) is 33.9 Å². The lowest BCUT2D eigenvalue weighted by Crippen LogP contribution is -2.46. The fraction of sp³-hybridized carbons (Fsp3) is 0.588. The van der Waals surface area contributed by atoms with Crippen LogP contribution < -0.4 is 15.2 Å². The molecule has 0 saturated heterocycles. The Bertz CT molecular complexity index is 481. The summed E-state index contributed by atoms with van der Waals surface area (Å²) in [6, 6.07) is 7.43. The number of likely N-dealkylation sites (N-methyl/N-ethyl adjacent to an activating group) is 1. The number of hydrogen-bond acceptors (Lipinski definition) is 4. The molecule has 1 fully saturated rings. The minimum Gasteiger partial charge on any atom is -0.497 e. The first-order valence-electron chi connectivity index (χ1n) is 7.84. The Kier molecular flexibility index (Phi) is 5.66. The SMILES string of the molecule is COc1ccc(OCCN(C)C(=O)C2(CN)CCCC2)cc1. The molecule has 2 N–H and O–H groups in total. The zero-order chi connectivity index (χ0) is 16.0. The van der Waals surface area contributed by atoms with E-state index in [1.165, 1.54) is 0 Å². The Morgan fingerprint density at radius 3 is 2.36 bits per heavy atom. The monoisotopic (exact) mass is 306 g/mol. The molecule has 0 unspecified atom stereocenters. The first-order chi connectivity index (χ1) is 10.6. The fourth-order valence-electron chi connectivity index (χ4n) is 3.04. The summed E-state index contributed by atoms with van der Waals surface area (Å²) in [5.41, 5.74) is 5.53. The maximum Gasteiger partial charge on any atom is 0.229 e. The highest BCUT2D eigenvalue weighted by Crippen LogP contribution is 2.38. The third kappa shape index (κ3) is 3.71. The van der Waals surface area contributed by atoms with Gasteiger partial charge in [-0.2, -0.15) is 0 Å². The minimum absolute atomic E-state index is 0.158. The predicted octanol–water partition coefficient (Wildman–Crippen LogP) is 2.05. The quantitative estimate of drug-likeness (QED) is 0.837. The van der Waals surface area contributed by atoms with Gasteiger partial charge in [-0.1, -0.05) is 12.8 Å². The average Bonchev–Trinajstić information content (AvgIpc) is 3.05. The molecule has 122 valence electrons. The van der Waals surface area contributed by atoms with Crippen LogP contribution >= 0.6 is 0 Å². The summed E-state index contributed by atoms with van der Waals surface area (Å²) >= 11 is 0. The van der Waals surface area contributed by atoms with Gasteiger partial charge in [0.2, 0.25) is 5.91 Å². The van der Waals surface area contributed by atoms with Gasteiger partial charge in [0.1, 0.15) is 18.1 Å². The van der Waals surface area contributed by atoms with E-state index in [4.69, 9.17) is 15.2 Å². The molecule has 5 nitrogen and oxygen atoms in total. The minimum atomic E-state index is -0.338. The third-order valence-corrected chi connectivity index (χ3v) is 4.51. The molecule has 2 rings (SSSR count). The van der Waals surface area contributed by atoms with Crippen LogP contribution in [0, 0.1) is 5.41 Å². The number of amides is 1. The standard InChI is InChI=1S/C17H26N2O3/c1-19(16(20)17(13-18)9-3-4-10-17)11-12-22-15-7-5-14(21-2)6-8-15/h5-8H,3-4,9-13,18H2,1-2H3. The van der Waals surface area contributed by atoms with Crippen LogP contribution in [-0.2, 0) is 4.79 Å². The molecular formula is C17H26N2O3. The second-order valence-corrected chi connectivity index (χ2v) is 5.94. The molecule has 0 radical (unpaired) electrons. The molecule has 0 aliphatic heterocycles. The van der Waals surface area contributed by atoms with Crippen molar-refractivity contribution in [2.24, 2.45) is 11.1 Å². The number of ether oxygens (including phenoxy) is 2. The number of hydrogen-bond donors (Lipinski definition) is 1. The van der Waals surface area contributed by atoms with Crippen molar-refractivity contribution in [3.8, 4) is 11.5 Å². The first-order valence-corrected chi connectivity index (χ1v) is 7.84. The number of carbonyl (C=O) groups is 1. The van der Waals surface area contributed by atoms with E-state index in [0.29, 0.717) is 19.7 Å². The number of carbonyl (C=O) groups excluding carboxylic acids is 1. The normalized spacial score (nSPS) is 16.3. The topological polar surface area (TPSA) is 64.8 Å². The molecule has 0 atom stereocenters. The maximum absolute atomic E-state index is 12.6. The molecule has 0 heterocycles. The molecule has 1 aliphatic rings. The van der Waals surface area contributed by atoms with Gasteiger partial charge in [0.05, 0.1) is 19.1 Å². The summed E-state index contributed by atoms with van der Waals surface area (Å²) in [7, 11) is 3.46. The van der Waals surface area contributed by atoms with Gasteiger partial charge in [0, 0.05) is 13.6 Å². The summed E-state index contributed by atoms with van der Waals surface area (Å²) in [4.78, 5) is 14.3. The van der Waals surface area contributed by atoms with E-state index in [9.17, 15) is 4.79 Å². The van der Waals surface area contributed by atoms with Crippen molar-refractivity contribution in [2.45, 2.75) is 25.7 Å². The maximum atomic E-state index is 12.6. The Balaban J connectivity index is 1.81. The van der Waals surface area contributed by atoms with Crippen LogP contribution in [-0.4, -0.2) is 44.7 Å². The summed E-state index contributed by atoms with van der Waals surface area (Å²) < 4.78 is 10.8. The van der Waals surface area contributed by atoms with E-state index in [1.807, 2.05) is 31.3 Å². The zero-order valence-electron chi connectivity index (χ0n) is 13.5. The van der Waals surface area contributed by atoms with Gasteiger partial charge in [0.15, 0.2) is 0 Å². The lowest BCUT2D eigenvalue weighted by molar-refractivity contribution is -0.140. The molecule has 0 aromatic heterocycles. The summed E-state index contributed by atoms with van der Waals surface area (Å²) in [5, 5.41) is 0. The van der Waals surface area contributed by atoms with Crippen LogP contribution in [0.2, 0.25) is 0 Å². The van der Waals surface area contributed by atoms with E-state index >= 15 is 0 Å². The smallest absolute Gasteiger partial charge is 0.229 e. The second-order valence-electron chi connectivity index (χ2n) is 5.94. The van der Waals surface area contributed by atoms with Crippen molar-refractivity contribution in [1.29, 1.82) is 0 Å². The molecule has 1 aliphatic carbocycles. The van der Waals surface area contributed by atoms with Crippen LogP contribution in [0.5, 0.6) is 11.5 Å². The van der Waals surface area contributed by atoms with Gasteiger partial charge in [-0.25, -0.2) is 0 Å². The molecule has 0 bridgehead atoms. The van der Waals surface area contributed by atoms with E-state index in [2.05, 4.69) is 0 Å². The molecule has 22 heavy (non-hydrogen) atoms. The molecule has 0 spiro atoms. The van der Waals surface area contributed by atoms with Crippen molar-refractivity contribution >= 4 is 5.91 Å². The van der Waals surface area contributed by atoms with E-state index in [-0.39, 0.29) is 11.3 Å². The largest absolute Gasteiger partial charge is 0.497 e. The Labute approximate surface area is 132 Å². The Hall–Kier alpha value is -1.75. The number of nitrogens with zero attached hydrogens (tertiary/aromatic N) is 1. The van der Waals surface area contributed by atoms with Crippen molar-refractivity contribution in [3.05, 3.63) is 24.3 Å². The van der Waals surface area contributed by atoms with E-state index in [1.54, 1.807) is 12.0 Å². The molecular weight excluding hydrogens is 280 g/mol. The molecule has 5 heteroatoms. The highest BCUT2D eigenvalue weighted by Gasteiger charge is 2.41. The van der Waals surface area contributed by atoms with Crippen LogP contribution in [0.15, 0.2) is 24.3 Å². The van der Waals surface area contributed by atoms with Crippen molar-refractivity contribution in [1.82, 2.24) is 4.90 Å². The molecule has 1 aromatic carbocycles. The number of nitrogens with two attached hydrogens (primary N) is 1. The van der Waals surface area contributed by atoms with Crippen LogP contribution in [0.1, 0.15) is 25.7 Å². The van der Waals surface area contributed by atoms with Gasteiger partial charge >= 0.3 is 0 Å². The van der Waals surface area contributed by atoms with Gasteiger partial charge in [-0.3, -0.25) is 4.79 Å². The molecule has 1 saturated carbocycles. The highest BCUT2D eigenvalue weighted by atomic mass is 16.5. The Morgan fingerprint density at radius 2 is 1.82 bits per heavy atom. The van der Waals surface area contributed by atoms with Gasteiger partial charge in [-0.15, -0.1) is 0 Å². The second kappa shape index (κ2) is 7.49. The summed E-state index contributed by atoms with van der Waals surface area (Å²) in [5.74, 6) is 1.73. The van der Waals surface area contributed by atoms with Crippen LogP contribution in [0.25, 0.3) is 0 Å². The Morgan fingerprint density at radius 1 is 1.23 bits per heavy atom. The highest BCUT2D eigenvalue weighted by molar-refractivity contribution is 5.83. The third-order valence-electron chi connectivity index (χ3n) is 4.51. The number of rotatable bonds is 7. The van der Waals surface area contributed by atoms with Crippen molar-refractivity contribution < 1.29 is 14.3 Å². The fourth-order valence-corrected chi connectivity index (χ4v) is 3.04. The number of methoxy groups -OCH3 is 1. The lowest BCUT2D eigenvalue weighted by Gasteiger charge is -2.31. The summed E-state index contributed by atoms with van der Waals surface area (Å²) in [6.07, 6.45) is 4.01. The van der Waals surface area contributed by atoms with Gasteiger partial charge < -0.3 is 20.1 Å². The first kappa shape index (κ1) is 16.6. The average molecular weight is 306 g/mol. The summed E-state index contributed by atoms with van der Waals surface area (Å²) in [6.45, 7) is 1.47. The molecule has 1 aromatic rings. The van der Waals surface area contributed by atoms with E-state index < -0.39 is 0 Å². The number of benzene rings is 1. The van der Waals surface area contributed by atoms with Crippen molar-refractivity contribution in [3.63, 3.8) is 0 Å². The van der Waals surface area contributed by atoms with Gasteiger partial charge in [-0.05, 0) is 37.1 Å². The predicted molar refractivity (Wildman–Crippen MR) is 86.1 cm³/mol. The van der Waals surface area contributed by atoms with E-state index in [0.717, 1.165) is 37.2 Å². The zero-order valence-corrected chi connectivity index (χ0v) is 13.5. The lowest BCUT2D eigenvalue weighted by atomic mass is 9.85.